The van der Waals surface area contributed by atoms with Crippen LogP contribution in [0.1, 0.15) is 12.5 Å². The highest BCUT2D eigenvalue weighted by Gasteiger charge is 2.46. The summed E-state index contributed by atoms with van der Waals surface area (Å²) in [6, 6.07) is 4.18. The van der Waals surface area contributed by atoms with Crippen LogP contribution in [0.2, 0.25) is 0 Å². The van der Waals surface area contributed by atoms with Gasteiger partial charge in [0.2, 0.25) is 0 Å². The second-order valence-corrected chi connectivity index (χ2v) is 5.47. The fourth-order valence-corrected chi connectivity index (χ4v) is 2.08. The summed E-state index contributed by atoms with van der Waals surface area (Å²) in [6.07, 6.45) is 0. The van der Waals surface area contributed by atoms with Crippen molar-refractivity contribution in [1.29, 1.82) is 0 Å². The van der Waals surface area contributed by atoms with Crippen LogP contribution in [0.3, 0.4) is 0 Å². The van der Waals surface area contributed by atoms with Gasteiger partial charge in [-0.3, -0.25) is 4.72 Å². The molecule has 0 fully saturated rings. The van der Waals surface area contributed by atoms with E-state index in [1.54, 1.807) is 0 Å². The lowest BCUT2D eigenvalue weighted by Gasteiger charge is -2.16. The third kappa shape index (κ3) is 3.78. The van der Waals surface area contributed by atoms with Crippen LogP contribution in [-0.4, -0.2) is 33.9 Å². The number of halogens is 3. The summed E-state index contributed by atoms with van der Waals surface area (Å²) in [6.45, 7) is 1.45. The number of alkyl halides is 3. The van der Waals surface area contributed by atoms with Crippen LogP contribution in [0.25, 0.3) is 0 Å². The smallest absolute Gasteiger partial charge is 0.495 e. The molecule has 0 amide bonds. The molecule has 0 aliphatic rings. The Labute approximate surface area is 119 Å². The third-order valence-corrected chi connectivity index (χ3v) is 3.49. The minimum atomic E-state index is -5.58. The molecule has 1 rings (SSSR count). The van der Waals surface area contributed by atoms with Gasteiger partial charge in [-0.05, 0) is 13.0 Å². The zero-order chi connectivity index (χ0) is 16.3. The number of methoxy groups -OCH3 is 1. The predicted molar refractivity (Wildman–Crippen MR) is 70.8 cm³/mol. The lowest BCUT2D eigenvalue weighted by molar-refractivity contribution is -0.0429. The van der Waals surface area contributed by atoms with E-state index in [0.717, 1.165) is 0 Å². The van der Waals surface area contributed by atoms with Crippen molar-refractivity contribution in [3.05, 3.63) is 23.8 Å². The molecule has 0 radical (unpaired) electrons. The SMILES string of the molecule is CO/N=C(\C)c1cccc(OC)c1NS(=O)(=O)C(F)(F)F. The van der Waals surface area contributed by atoms with Crippen LogP contribution in [0.5, 0.6) is 5.75 Å². The van der Waals surface area contributed by atoms with Gasteiger partial charge in [0.15, 0.2) is 0 Å². The van der Waals surface area contributed by atoms with Crippen LogP contribution in [0.15, 0.2) is 23.4 Å². The van der Waals surface area contributed by atoms with E-state index < -0.39 is 15.5 Å². The number of anilines is 1. The van der Waals surface area contributed by atoms with E-state index >= 15 is 0 Å². The Bertz CT molecular complexity index is 641. The van der Waals surface area contributed by atoms with Gasteiger partial charge in [-0.15, -0.1) is 0 Å². The highest BCUT2D eigenvalue weighted by Crippen LogP contribution is 2.33. The average Bonchev–Trinajstić information content (AvgIpc) is 2.37. The molecular weight excluding hydrogens is 313 g/mol. The molecule has 0 heterocycles. The Morgan fingerprint density at radius 1 is 1.29 bits per heavy atom. The van der Waals surface area contributed by atoms with Gasteiger partial charge in [-0.25, -0.2) is 0 Å². The summed E-state index contributed by atoms with van der Waals surface area (Å²) in [5.74, 6) is -0.0778. The maximum Gasteiger partial charge on any atom is 0.516 e. The number of hydrogen-bond donors (Lipinski definition) is 1. The zero-order valence-electron chi connectivity index (χ0n) is 11.4. The van der Waals surface area contributed by atoms with E-state index in [1.807, 2.05) is 0 Å². The fourth-order valence-electron chi connectivity index (χ4n) is 1.49. The molecule has 0 bridgehead atoms. The van der Waals surface area contributed by atoms with Gasteiger partial charge < -0.3 is 9.57 Å². The minimum absolute atomic E-state index is 0.0778. The molecule has 1 N–H and O–H groups in total. The van der Waals surface area contributed by atoms with Crippen LogP contribution >= 0.6 is 0 Å². The zero-order valence-corrected chi connectivity index (χ0v) is 12.2. The summed E-state index contributed by atoms with van der Waals surface area (Å²) in [4.78, 5) is 4.53. The summed E-state index contributed by atoms with van der Waals surface area (Å²) in [5.41, 5.74) is -5.53. The van der Waals surface area contributed by atoms with E-state index in [4.69, 9.17) is 4.74 Å². The van der Waals surface area contributed by atoms with Crippen LogP contribution in [-0.2, 0) is 14.9 Å². The van der Waals surface area contributed by atoms with Gasteiger partial charge in [-0.1, -0.05) is 17.3 Å². The summed E-state index contributed by atoms with van der Waals surface area (Å²) < 4.78 is 66.3. The van der Waals surface area contributed by atoms with Crippen molar-refractivity contribution in [2.45, 2.75) is 12.4 Å². The standard InChI is InChI=1S/C11H13F3N2O4S/c1-7(15-20-3)8-5-4-6-9(19-2)10(8)16-21(17,18)11(12,13)14/h4-6,16H,1-3H3/b15-7+. The molecule has 118 valence electrons. The summed E-state index contributed by atoms with van der Waals surface area (Å²) in [5, 5.41) is 3.57. The molecule has 10 heteroatoms. The second kappa shape index (κ2) is 6.20. The first-order valence-electron chi connectivity index (χ1n) is 5.48. The number of para-hydroxylation sites is 1. The lowest BCUT2D eigenvalue weighted by Crippen LogP contribution is -2.30. The molecule has 21 heavy (non-hydrogen) atoms. The fraction of sp³-hybridized carbons (Fsp3) is 0.364. The molecule has 6 nitrogen and oxygen atoms in total. The van der Waals surface area contributed by atoms with Crippen molar-refractivity contribution in [2.75, 3.05) is 18.9 Å². The van der Waals surface area contributed by atoms with E-state index in [0.29, 0.717) is 0 Å². The minimum Gasteiger partial charge on any atom is -0.495 e. The molecule has 0 atom stereocenters. The highest BCUT2D eigenvalue weighted by atomic mass is 32.2. The van der Waals surface area contributed by atoms with Gasteiger partial charge in [-0.2, -0.15) is 21.6 Å². The molecule has 0 spiro atoms. The summed E-state index contributed by atoms with van der Waals surface area (Å²) in [7, 11) is -3.13. The van der Waals surface area contributed by atoms with E-state index in [-0.39, 0.29) is 22.7 Å². The monoisotopic (exact) mass is 326 g/mol. The number of nitrogens with zero attached hydrogens (tertiary/aromatic N) is 1. The number of nitrogens with one attached hydrogen (secondary N) is 1. The van der Waals surface area contributed by atoms with Crippen molar-refractivity contribution in [2.24, 2.45) is 5.16 Å². The number of benzene rings is 1. The highest BCUT2D eigenvalue weighted by molar-refractivity contribution is 7.93. The number of ether oxygens (including phenoxy) is 1. The van der Waals surface area contributed by atoms with Crippen LogP contribution < -0.4 is 9.46 Å². The van der Waals surface area contributed by atoms with Crippen LogP contribution in [0, 0.1) is 0 Å². The largest absolute Gasteiger partial charge is 0.516 e. The van der Waals surface area contributed by atoms with Crippen molar-refractivity contribution in [3.8, 4) is 5.75 Å². The van der Waals surface area contributed by atoms with E-state index in [2.05, 4.69) is 9.99 Å². The number of sulfonamides is 1. The molecule has 0 aromatic heterocycles. The van der Waals surface area contributed by atoms with Crippen molar-refractivity contribution >= 4 is 21.4 Å². The number of rotatable bonds is 5. The van der Waals surface area contributed by atoms with E-state index in [1.165, 1.54) is 44.1 Å². The van der Waals surface area contributed by atoms with Gasteiger partial charge >= 0.3 is 15.5 Å². The Kier molecular flexibility index (Phi) is 5.05. The molecule has 1 aromatic rings. The van der Waals surface area contributed by atoms with Gasteiger partial charge in [0.05, 0.1) is 18.5 Å². The van der Waals surface area contributed by atoms with Crippen LogP contribution in [0.4, 0.5) is 18.9 Å². The first-order chi connectivity index (χ1) is 9.64. The number of oxime groups is 1. The van der Waals surface area contributed by atoms with Crippen molar-refractivity contribution in [3.63, 3.8) is 0 Å². The predicted octanol–water partition coefficient (Wildman–Crippen LogP) is 2.33. The first-order valence-corrected chi connectivity index (χ1v) is 6.96. The van der Waals surface area contributed by atoms with Gasteiger partial charge in [0.1, 0.15) is 12.9 Å². The Hall–Kier alpha value is -1.97. The number of hydrogen-bond acceptors (Lipinski definition) is 5. The normalized spacial score (nSPS) is 13.0. The van der Waals surface area contributed by atoms with Gasteiger partial charge in [0.25, 0.3) is 0 Å². The maximum absolute atomic E-state index is 12.5. The third-order valence-electron chi connectivity index (χ3n) is 2.41. The van der Waals surface area contributed by atoms with Gasteiger partial charge in [0, 0.05) is 5.56 Å². The topological polar surface area (TPSA) is 77.0 Å². The maximum atomic E-state index is 12.5. The quantitative estimate of drug-likeness (QED) is 0.665. The lowest BCUT2D eigenvalue weighted by atomic mass is 10.1. The second-order valence-electron chi connectivity index (χ2n) is 3.79. The van der Waals surface area contributed by atoms with Crippen molar-refractivity contribution < 1.29 is 31.2 Å². The average molecular weight is 326 g/mol. The Balaban J connectivity index is 3.44. The molecule has 0 aliphatic carbocycles. The summed E-state index contributed by atoms with van der Waals surface area (Å²) >= 11 is 0. The van der Waals surface area contributed by atoms with E-state index in [9.17, 15) is 21.6 Å². The molecule has 0 saturated heterocycles. The molecule has 0 aliphatic heterocycles. The molecule has 0 unspecified atom stereocenters. The Morgan fingerprint density at radius 2 is 1.90 bits per heavy atom. The Morgan fingerprint density at radius 3 is 2.38 bits per heavy atom. The molecular formula is C11H13F3N2O4S. The molecule has 1 aromatic carbocycles. The molecule has 0 saturated carbocycles. The first kappa shape index (κ1) is 17.1. The van der Waals surface area contributed by atoms with Crippen molar-refractivity contribution in [1.82, 2.24) is 0 Å².